The van der Waals surface area contributed by atoms with Gasteiger partial charge in [0.15, 0.2) is 5.17 Å². The van der Waals surface area contributed by atoms with E-state index in [2.05, 4.69) is 10.3 Å². The molecule has 0 aliphatic carbocycles. The van der Waals surface area contributed by atoms with Crippen molar-refractivity contribution < 1.29 is 18.4 Å². The second kappa shape index (κ2) is 10.1. The number of aliphatic imine (C=N–C) groups is 1. The van der Waals surface area contributed by atoms with E-state index in [-0.39, 0.29) is 24.6 Å². The van der Waals surface area contributed by atoms with Crippen molar-refractivity contribution in [2.45, 2.75) is 18.2 Å². The molecule has 0 bridgehead atoms. The number of halogens is 3. The number of hydrogen-bond donors (Lipinski definition) is 1. The second-order valence-corrected chi connectivity index (χ2v) is 8.86. The van der Waals surface area contributed by atoms with E-state index in [0.29, 0.717) is 15.9 Å². The van der Waals surface area contributed by atoms with Crippen molar-refractivity contribution >= 4 is 51.7 Å². The van der Waals surface area contributed by atoms with E-state index in [1.54, 1.807) is 30.3 Å². The van der Waals surface area contributed by atoms with Gasteiger partial charge in [0, 0.05) is 11.4 Å². The first kappa shape index (κ1) is 22.9. The fourth-order valence-electron chi connectivity index (χ4n) is 3.17. The van der Waals surface area contributed by atoms with Gasteiger partial charge in [0.2, 0.25) is 11.8 Å². The normalized spacial score (nSPS) is 17.3. The molecule has 1 aliphatic rings. The van der Waals surface area contributed by atoms with E-state index < -0.39 is 22.8 Å². The van der Waals surface area contributed by atoms with E-state index in [4.69, 9.17) is 11.6 Å². The van der Waals surface area contributed by atoms with Gasteiger partial charge in [-0.1, -0.05) is 47.6 Å². The zero-order valence-corrected chi connectivity index (χ0v) is 18.7. The molecule has 5 nitrogen and oxygen atoms in total. The average Bonchev–Trinajstić information content (AvgIpc) is 2.80. The molecule has 0 saturated carbocycles. The van der Waals surface area contributed by atoms with Crippen LogP contribution in [-0.2, 0) is 16.1 Å². The SMILES string of the molecule is O=C(Nc1ccccc1F)C1CC(=O)N(Cc2ccc(Cl)cc2)C(=Nc2ccc(F)cc2)S1. The first-order valence-electron chi connectivity index (χ1n) is 10.00. The predicted molar refractivity (Wildman–Crippen MR) is 127 cm³/mol. The molecule has 1 N–H and O–H groups in total. The third-order valence-corrected chi connectivity index (χ3v) is 6.31. The van der Waals surface area contributed by atoms with Crippen LogP contribution in [0.4, 0.5) is 20.2 Å². The van der Waals surface area contributed by atoms with Gasteiger partial charge in [0.05, 0.1) is 17.9 Å². The van der Waals surface area contributed by atoms with Gasteiger partial charge in [-0.05, 0) is 54.1 Å². The standard InChI is InChI=1S/C24H18ClF2N3O2S/c25-16-7-5-15(6-8-16)14-30-22(31)13-21(23(32)29-20-4-2-1-3-19(20)27)33-24(30)28-18-11-9-17(26)10-12-18/h1-12,21H,13-14H2,(H,29,32). The molecule has 1 saturated heterocycles. The van der Waals surface area contributed by atoms with Crippen LogP contribution in [0.3, 0.4) is 0 Å². The number of carbonyl (C=O) groups excluding carboxylic acids is 2. The van der Waals surface area contributed by atoms with Crippen LogP contribution < -0.4 is 5.32 Å². The van der Waals surface area contributed by atoms with Crippen molar-refractivity contribution in [1.82, 2.24) is 4.90 Å². The third kappa shape index (κ3) is 5.77. The van der Waals surface area contributed by atoms with Gasteiger partial charge in [-0.2, -0.15) is 0 Å². The molecule has 1 unspecified atom stereocenters. The fraction of sp³-hybridized carbons (Fsp3) is 0.125. The molecule has 0 spiro atoms. The summed E-state index contributed by atoms with van der Waals surface area (Å²) in [6.07, 6.45) is -0.0824. The minimum Gasteiger partial charge on any atom is -0.323 e. The summed E-state index contributed by atoms with van der Waals surface area (Å²) < 4.78 is 27.3. The van der Waals surface area contributed by atoms with Gasteiger partial charge in [0.1, 0.15) is 16.9 Å². The lowest BCUT2D eigenvalue weighted by atomic mass is 10.2. The first-order valence-corrected chi connectivity index (χ1v) is 11.3. The lowest BCUT2D eigenvalue weighted by Crippen LogP contribution is -2.44. The largest absolute Gasteiger partial charge is 0.323 e. The molecule has 4 rings (SSSR count). The summed E-state index contributed by atoms with van der Waals surface area (Å²) in [5.41, 5.74) is 1.30. The van der Waals surface area contributed by atoms with Gasteiger partial charge in [-0.15, -0.1) is 0 Å². The maximum atomic E-state index is 14.0. The summed E-state index contributed by atoms with van der Waals surface area (Å²) in [5, 5.41) is 2.60. The number of carbonyl (C=O) groups is 2. The summed E-state index contributed by atoms with van der Waals surface area (Å²) in [6.45, 7) is 0.227. The zero-order valence-electron chi connectivity index (χ0n) is 17.2. The highest BCUT2D eigenvalue weighted by Crippen LogP contribution is 2.31. The number of benzene rings is 3. The average molecular weight is 486 g/mol. The Labute approximate surface area is 198 Å². The number of anilines is 1. The number of hydrogen-bond acceptors (Lipinski definition) is 4. The molecule has 1 atom stereocenters. The van der Waals surface area contributed by atoms with E-state index in [1.807, 2.05) is 0 Å². The molecular formula is C24H18ClF2N3O2S. The molecule has 3 aromatic carbocycles. The number of rotatable bonds is 5. The van der Waals surface area contributed by atoms with Gasteiger partial charge >= 0.3 is 0 Å². The Hall–Kier alpha value is -3.23. The van der Waals surface area contributed by atoms with Crippen LogP contribution in [0.15, 0.2) is 77.8 Å². The Morgan fingerprint density at radius 2 is 1.76 bits per heavy atom. The summed E-state index contributed by atoms with van der Waals surface area (Å²) in [6, 6.07) is 18.3. The lowest BCUT2D eigenvalue weighted by Gasteiger charge is -2.32. The van der Waals surface area contributed by atoms with Crippen molar-refractivity contribution in [3.05, 3.63) is 95.0 Å². The molecule has 1 heterocycles. The molecule has 1 aliphatic heterocycles. The van der Waals surface area contributed by atoms with Crippen LogP contribution >= 0.6 is 23.4 Å². The monoisotopic (exact) mass is 485 g/mol. The highest BCUT2D eigenvalue weighted by molar-refractivity contribution is 8.15. The number of amidine groups is 1. The van der Waals surface area contributed by atoms with E-state index in [0.717, 1.165) is 17.3 Å². The number of nitrogens with one attached hydrogen (secondary N) is 1. The molecular weight excluding hydrogens is 468 g/mol. The Balaban J connectivity index is 1.60. The molecule has 168 valence electrons. The van der Waals surface area contributed by atoms with Crippen LogP contribution in [0.2, 0.25) is 5.02 Å². The van der Waals surface area contributed by atoms with Crippen LogP contribution in [0.1, 0.15) is 12.0 Å². The summed E-state index contributed by atoms with van der Waals surface area (Å²) in [7, 11) is 0. The Morgan fingerprint density at radius 1 is 1.06 bits per heavy atom. The fourth-order valence-corrected chi connectivity index (χ4v) is 4.40. The highest BCUT2D eigenvalue weighted by atomic mass is 35.5. The Kier molecular flexibility index (Phi) is 7.05. The highest BCUT2D eigenvalue weighted by Gasteiger charge is 2.36. The smallest absolute Gasteiger partial charge is 0.238 e. The summed E-state index contributed by atoms with van der Waals surface area (Å²) in [4.78, 5) is 31.8. The Bertz CT molecular complexity index is 1200. The summed E-state index contributed by atoms with van der Waals surface area (Å²) >= 11 is 7.05. The predicted octanol–water partition coefficient (Wildman–Crippen LogP) is 5.78. The third-order valence-electron chi connectivity index (χ3n) is 4.87. The van der Waals surface area contributed by atoms with E-state index >= 15 is 0 Å². The lowest BCUT2D eigenvalue weighted by molar-refractivity contribution is -0.129. The molecule has 1 fully saturated rings. The molecule has 33 heavy (non-hydrogen) atoms. The number of nitrogens with zero attached hydrogens (tertiary/aromatic N) is 2. The van der Waals surface area contributed by atoms with Gasteiger partial charge < -0.3 is 5.32 Å². The van der Waals surface area contributed by atoms with Crippen LogP contribution in [0, 0.1) is 11.6 Å². The minimum atomic E-state index is -0.808. The van der Waals surface area contributed by atoms with Crippen LogP contribution in [0.25, 0.3) is 0 Å². The molecule has 0 aromatic heterocycles. The number of thioether (sulfide) groups is 1. The molecule has 2 amide bonds. The van der Waals surface area contributed by atoms with Gasteiger partial charge in [-0.25, -0.2) is 13.8 Å². The van der Waals surface area contributed by atoms with E-state index in [9.17, 15) is 18.4 Å². The van der Waals surface area contributed by atoms with Gasteiger partial charge in [0.25, 0.3) is 0 Å². The van der Waals surface area contributed by atoms with Crippen molar-refractivity contribution in [1.29, 1.82) is 0 Å². The van der Waals surface area contributed by atoms with Crippen molar-refractivity contribution in [3.63, 3.8) is 0 Å². The maximum absolute atomic E-state index is 14.0. The van der Waals surface area contributed by atoms with E-state index in [1.165, 1.54) is 47.4 Å². The van der Waals surface area contributed by atoms with Crippen molar-refractivity contribution in [3.8, 4) is 0 Å². The van der Waals surface area contributed by atoms with Crippen molar-refractivity contribution in [2.24, 2.45) is 4.99 Å². The van der Waals surface area contributed by atoms with Crippen LogP contribution in [-0.4, -0.2) is 27.1 Å². The minimum absolute atomic E-state index is 0.0381. The number of amides is 2. The van der Waals surface area contributed by atoms with Crippen molar-refractivity contribution in [2.75, 3.05) is 5.32 Å². The Morgan fingerprint density at radius 3 is 2.45 bits per heavy atom. The summed E-state index contributed by atoms with van der Waals surface area (Å²) in [5.74, 6) is -1.79. The molecule has 9 heteroatoms. The topological polar surface area (TPSA) is 61.8 Å². The maximum Gasteiger partial charge on any atom is 0.238 e. The second-order valence-electron chi connectivity index (χ2n) is 7.26. The van der Waals surface area contributed by atoms with Gasteiger partial charge in [-0.3, -0.25) is 14.5 Å². The zero-order chi connectivity index (χ0) is 23.4. The molecule has 3 aromatic rings. The quantitative estimate of drug-likeness (QED) is 0.498. The molecule has 0 radical (unpaired) electrons. The first-order chi connectivity index (χ1) is 15.9. The number of para-hydroxylation sites is 1. The van der Waals surface area contributed by atoms with Crippen LogP contribution in [0.5, 0.6) is 0 Å².